The average Bonchev–Trinajstić information content (AvgIpc) is 3.92. The van der Waals surface area contributed by atoms with Gasteiger partial charge < -0.3 is 14.2 Å². The molecule has 0 saturated carbocycles. The van der Waals surface area contributed by atoms with Gasteiger partial charge >= 0.3 is 0 Å². The van der Waals surface area contributed by atoms with Crippen LogP contribution in [0.4, 0.5) is 0 Å². The molecule has 5 nitrogen and oxygen atoms in total. The Morgan fingerprint density at radius 1 is 0.355 bits per heavy atom. The zero-order valence-electron chi connectivity index (χ0n) is 33.3. The van der Waals surface area contributed by atoms with Gasteiger partial charge in [-0.3, -0.25) is 0 Å². The van der Waals surface area contributed by atoms with Crippen molar-refractivity contribution < 1.29 is 8.83 Å². The van der Waals surface area contributed by atoms with Gasteiger partial charge in [0.15, 0.2) is 5.84 Å². The zero-order chi connectivity index (χ0) is 40.7. The van der Waals surface area contributed by atoms with Crippen LogP contribution in [0.25, 0.3) is 98.4 Å². The first-order valence-corrected chi connectivity index (χ1v) is 21.0. The van der Waals surface area contributed by atoms with Gasteiger partial charge in [0.05, 0.1) is 0 Å². The second kappa shape index (κ2) is 13.6. The Balaban J connectivity index is 0.987. The number of hydrogen-bond donors (Lipinski definition) is 1. The lowest BCUT2D eigenvalue weighted by atomic mass is 9.93. The summed E-state index contributed by atoms with van der Waals surface area (Å²) in [6.45, 7) is 0. The van der Waals surface area contributed by atoms with Gasteiger partial charge in [-0.25, -0.2) is 9.98 Å². The maximum atomic E-state index is 6.60. The van der Waals surface area contributed by atoms with Crippen molar-refractivity contribution in [3.05, 3.63) is 217 Å². The monoisotopic (exact) mass is 793 g/mol. The van der Waals surface area contributed by atoms with Crippen LogP contribution in [0.15, 0.2) is 219 Å². The molecule has 0 aliphatic carbocycles. The lowest BCUT2D eigenvalue weighted by molar-refractivity contribution is 0.667. The Morgan fingerprint density at radius 3 is 1.55 bits per heavy atom. The molecule has 0 spiro atoms. The second-order valence-corrected chi connectivity index (χ2v) is 16.1. The molecule has 12 aromatic rings. The number of nitrogens with zero attached hydrogens (tertiary/aromatic N) is 2. The quantitative estimate of drug-likeness (QED) is 0.177. The third kappa shape index (κ3) is 5.42. The maximum Gasteiger partial charge on any atom is 0.159 e. The molecule has 1 unspecified atom stereocenters. The number of fused-ring (bicyclic) bond motifs is 12. The van der Waals surface area contributed by atoms with E-state index in [9.17, 15) is 0 Å². The summed E-state index contributed by atoms with van der Waals surface area (Å²) in [6, 6.07) is 70.4. The number of rotatable bonds is 5. The van der Waals surface area contributed by atoms with E-state index in [2.05, 4.69) is 181 Å². The Kier molecular flexibility index (Phi) is 7.60. The molecule has 0 bridgehead atoms. The highest BCUT2D eigenvalue weighted by Crippen LogP contribution is 2.42. The molecular formula is C57H35N3O2. The van der Waals surface area contributed by atoms with E-state index in [0.717, 1.165) is 83.1 Å². The lowest BCUT2D eigenvalue weighted by Gasteiger charge is -2.24. The van der Waals surface area contributed by atoms with E-state index in [1.165, 1.54) is 37.9 Å². The zero-order valence-corrected chi connectivity index (χ0v) is 33.3. The van der Waals surface area contributed by atoms with E-state index in [0.29, 0.717) is 5.84 Å². The molecule has 3 heterocycles. The summed E-state index contributed by atoms with van der Waals surface area (Å²) in [5, 5.41) is 15.2. The minimum atomic E-state index is -0.362. The molecule has 0 amide bonds. The van der Waals surface area contributed by atoms with Crippen molar-refractivity contribution in [2.45, 2.75) is 6.17 Å². The van der Waals surface area contributed by atoms with E-state index in [1.807, 2.05) is 24.3 Å². The fraction of sp³-hybridized carbons (Fsp3) is 0.0175. The summed E-state index contributed by atoms with van der Waals surface area (Å²) in [5.74, 6) is 1.41. The fourth-order valence-electron chi connectivity index (χ4n) is 9.64. The molecule has 290 valence electrons. The highest BCUT2D eigenvalue weighted by Gasteiger charge is 2.25. The molecule has 1 atom stereocenters. The normalized spacial score (nSPS) is 14.3. The van der Waals surface area contributed by atoms with Gasteiger partial charge in [0, 0.05) is 32.7 Å². The van der Waals surface area contributed by atoms with Crippen molar-refractivity contribution in [2.24, 2.45) is 9.98 Å². The second-order valence-electron chi connectivity index (χ2n) is 16.1. The molecule has 1 N–H and O–H groups in total. The Morgan fingerprint density at radius 2 is 0.871 bits per heavy atom. The fourth-order valence-corrected chi connectivity index (χ4v) is 9.64. The first-order chi connectivity index (χ1) is 30.7. The molecule has 5 heteroatoms. The lowest BCUT2D eigenvalue weighted by Crippen LogP contribution is -2.33. The molecule has 62 heavy (non-hydrogen) atoms. The summed E-state index contributed by atoms with van der Waals surface area (Å²) in [7, 11) is 0. The van der Waals surface area contributed by atoms with Crippen molar-refractivity contribution in [1.82, 2.24) is 5.32 Å². The molecule has 13 rings (SSSR count). The number of hydrogen-bond acceptors (Lipinski definition) is 5. The summed E-state index contributed by atoms with van der Waals surface area (Å²) in [4.78, 5) is 10.7. The minimum absolute atomic E-state index is 0.362. The van der Waals surface area contributed by atoms with E-state index in [4.69, 9.17) is 18.8 Å². The summed E-state index contributed by atoms with van der Waals surface area (Å²) >= 11 is 0. The number of amidine groups is 2. The molecule has 1 aliphatic rings. The molecule has 0 fully saturated rings. The molecule has 0 saturated heterocycles. The number of benzene rings is 10. The largest absolute Gasteiger partial charge is 0.456 e. The van der Waals surface area contributed by atoms with E-state index >= 15 is 0 Å². The van der Waals surface area contributed by atoms with Crippen LogP contribution in [0.3, 0.4) is 0 Å². The average molecular weight is 794 g/mol. The molecule has 2 aromatic heterocycles. The van der Waals surface area contributed by atoms with Crippen LogP contribution in [0.5, 0.6) is 0 Å². The van der Waals surface area contributed by atoms with Crippen LogP contribution in [0.2, 0.25) is 0 Å². The van der Waals surface area contributed by atoms with Crippen LogP contribution in [0, 0.1) is 0 Å². The molecule has 1 aliphatic heterocycles. The first-order valence-electron chi connectivity index (χ1n) is 21.0. The molecular weight excluding hydrogens is 759 g/mol. The van der Waals surface area contributed by atoms with Gasteiger partial charge in [0.1, 0.15) is 34.3 Å². The number of aliphatic imine (C=N–C) groups is 2. The van der Waals surface area contributed by atoms with Gasteiger partial charge in [-0.05, 0) is 103 Å². The Bertz CT molecular complexity index is 3810. The van der Waals surface area contributed by atoms with Crippen molar-refractivity contribution in [2.75, 3.05) is 0 Å². The molecule has 10 aromatic carbocycles. The van der Waals surface area contributed by atoms with Crippen molar-refractivity contribution in [3.63, 3.8) is 0 Å². The third-order valence-corrected chi connectivity index (χ3v) is 12.5. The van der Waals surface area contributed by atoms with Gasteiger partial charge in [0.25, 0.3) is 0 Å². The summed E-state index contributed by atoms with van der Waals surface area (Å²) in [5.41, 5.74) is 10.8. The minimum Gasteiger partial charge on any atom is -0.456 e. The van der Waals surface area contributed by atoms with Gasteiger partial charge in [-0.15, -0.1) is 0 Å². The van der Waals surface area contributed by atoms with E-state index in [-0.39, 0.29) is 6.17 Å². The van der Waals surface area contributed by atoms with Gasteiger partial charge in [-0.1, -0.05) is 158 Å². The molecule has 0 radical (unpaired) electrons. The van der Waals surface area contributed by atoms with Crippen molar-refractivity contribution in [1.29, 1.82) is 0 Å². The highest BCUT2D eigenvalue weighted by molar-refractivity contribution is 6.27. The van der Waals surface area contributed by atoms with E-state index in [1.54, 1.807) is 0 Å². The van der Waals surface area contributed by atoms with Crippen LogP contribution in [-0.2, 0) is 0 Å². The maximum absolute atomic E-state index is 6.60. The van der Waals surface area contributed by atoms with Crippen LogP contribution >= 0.6 is 0 Å². The predicted octanol–water partition coefficient (Wildman–Crippen LogP) is 14.8. The van der Waals surface area contributed by atoms with Gasteiger partial charge in [-0.2, -0.15) is 0 Å². The summed E-state index contributed by atoms with van der Waals surface area (Å²) < 4.78 is 13.0. The summed E-state index contributed by atoms with van der Waals surface area (Å²) in [6.07, 6.45) is -0.362. The van der Waals surface area contributed by atoms with Gasteiger partial charge in [0.2, 0.25) is 0 Å². The number of nitrogens with one attached hydrogen (secondary N) is 1. The van der Waals surface area contributed by atoms with Crippen LogP contribution < -0.4 is 5.32 Å². The van der Waals surface area contributed by atoms with Crippen molar-refractivity contribution >= 4 is 87.9 Å². The smallest absolute Gasteiger partial charge is 0.159 e. The van der Waals surface area contributed by atoms with Crippen LogP contribution in [0.1, 0.15) is 22.9 Å². The van der Waals surface area contributed by atoms with E-state index < -0.39 is 0 Å². The first kappa shape index (κ1) is 34.6. The topological polar surface area (TPSA) is 63.0 Å². The highest BCUT2D eigenvalue weighted by atomic mass is 16.3. The third-order valence-electron chi connectivity index (χ3n) is 12.5. The Hall–Kier alpha value is -8.28. The van der Waals surface area contributed by atoms with Crippen molar-refractivity contribution in [3.8, 4) is 22.3 Å². The number of furan rings is 2. The standard InChI is InChI=1S/C57H35N3O2/c1-3-13-34(14-4-1)36-26-29-49-47(31-36)53-39(21-11-23-51(53)61-49)37-27-30-50-48(32-37)54-45(22-12-24-52(54)62-50)57-59-55(35-15-5-2-6-16-35)58-56(60-57)38-25-28-44-42-19-8-7-17-40(42)41-18-9-10-20-43(41)46(44)33-38/h1-33,55H,(H,58,59,60). The Labute approximate surface area is 355 Å². The SMILES string of the molecule is c1ccc(-c2ccc3oc4cccc(-c5ccc6oc7cccc(C8=NC(c9ccc%10c%11ccccc%11c%11ccccc%11c%10c9)=NC(c9ccccc9)N8)c7c6c5)c4c3c2)cc1. The predicted molar refractivity (Wildman–Crippen MR) is 256 cm³/mol. The van der Waals surface area contributed by atoms with Crippen LogP contribution in [-0.4, -0.2) is 11.7 Å².